The molecule has 2 rings (SSSR count). The van der Waals surface area contributed by atoms with Crippen molar-refractivity contribution in [3.05, 3.63) is 48.0 Å². The van der Waals surface area contributed by atoms with Crippen LogP contribution in [0.3, 0.4) is 0 Å². The Kier molecular flexibility index (Phi) is 2.88. The second-order valence-corrected chi connectivity index (χ2v) is 3.66. The molecule has 2 aromatic rings. The zero-order chi connectivity index (χ0) is 11.5. The first-order valence-corrected chi connectivity index (χ1v) is 5.19. The summed E-state index contributed by atoms with van der Waals surface area (Å²) in [7, 11) is 1.59. The Balaban J connectivity index is 2.56. The van der Waals surface area contributed by atoms with Gasteiger partial charge in [-0.3, -0.25) is 4.79 Å². The molecule has 1 atom stereocenters. The van der Waals surface area contributed by atoms with E-state index in [1.807, 2.05) is 42.5 Å². The van der Waals surface area contributed by atoms with Crippen LogP contribution in [0.15, 0.2) is 42.5 Å². The number of amides is 1. The van der Waals surface area contributed by atoms with Gasteiger partial charge in [0.15, 0.2) is 0 Å². The van der Waals surface area contributed by atoms with Crippen LogP contribution in [0.25, 0.3) is 10.8 Å². The highest BCUT2D eigenvalue weighted by Crippen LogP contribution is 2.22. The molecule has 82 valence electrons. The highest BCUT2D eigenvalue weighted by atomic mass is 16.2. The maximum atomic E-state index is 11.5. The molecule has 2 aromatic carbocycles. The van der Waals surface area contributed by atoms with Crippen molar-refractivity contribution >= 4 is 16.7 Å². The smallest absolute Gasteiger partial charge is 0.241 e. The van der Waals surface area contributed by atoms with E-state index >= 15 is 0 Å². The van der Waals surface area contributed by atoms with Crippen molar-refractivity contribution < 1.29 is 4.79 Å². The van der Waals surface area contributed by atoms with Crippen molar-refractivity contribution in [2.24, 2.45) is 5.73 Å². The summed E-state index contributed by atoms with van der Waals surface area (Å²) in [6, 6.07) is 13.1. The lowest BCUT2D eigenvalue weighted by Gasteiger charge is -2.13. The standard InChI is InChI=1S/C13H14N2O/c1-15-13(16)12(14)11-8-4-6-9-5-2-3-7-10(9)11/h2-8,12H,14H2,1H3,(H,15,16). The summed E-state index contributed by atoms with van der Waals surface area (Å²) in [5.74, 6) is -0.170. The van der Waals surface area contributed by atoms with E-state index in [4.69, 9.17) is 5.73 Å². The van der Waals surface area contributed by atoms with Gasteiger partial charge in [0.25, 0.3) is 0 Å². The van der Waals surface area contributed by atoms with Crippen LogP contribution in [-0.2, 0) is 4.79 Å². The molecule has 0 aliphatic heterocycles. The first kappa shape index (κ1) is 10.6. The number of carbonyl (C=O) groups is 1. The van der Waals surface area contributed by atoms with Crippen LogP contribution in [0, 0.1) is 0 Å². The quantitative estimate of drug-likeness (QED) is 0.797. The van der Waals surface area contributed by atoms with Gasteiger partial charge in [-0.25, -0.2) is 0 Å². The summed E-state index contributed by atoms with van der Waals surface area (Å²) >= 11 is 0. The average molecular weight is 214 g/mol. The van der Waals surface area contributed by atoms with Crippen LogP contribution in [0.1, 0.15) is 11.6 Å². The summed E-state index contributed by atoms with van der Waals surface area (Å²) in [6.45, 7) is 0. The summed E-state index contributed by atoms with van der Waals surface area (Å²) in [6.07, 6.45) is 0. The number of likely N-dealkylation sites (N-methyl/N-ethyl adjacent to an activating group) is 1. The SMILES string of the molecule is CNC(=O)C(N)c1cccc2ccccc12. The minimum Gasteiger partial charge on any atom is -0.358 e. The van der Waals surface area contributed by atoms with E-state index in [-0.39, 0.29) is 5.91 Å². The van der Waals surface area contributed by atoms with E-state index in [1.165, 1.54) is 0 Å². The molecule has 0 spiro atoms. The number of carbonyl (C=O) groups excluding carboxylic acids is 1. The molecule has 0 saturated carbocycles. The van der Waals surface area contributed by atoms with Gasteiger partial charge in [-0.1, -0.05) is 42.5 Å². The molecule has 0 radical (unpaired) electrons. The van der Waals surface area contributed by atoms with Crippen molar-refractivity contribution in [3.63, 3.8) is 0 Å². The largest absolute Gasteiger partial charge is 0.358 e. The summed E-state index contributed by atoms with van der Waals surface area (Å²) in [5, 5.41) is 4.69. The first-order valence-electron chi connectivity index (χ1n) is 5.19. The van der Waals surface area contributed by atoms with Crippen LogP contribution in [0.4, 0.5) is 0 Å². The van der Waals surface area contributed by atoms with Crippen molar-refractivity contribution in [3.8, 4) is 0 Å². The molecule has 0 bridgehead atoms. The Morgan fingerprint density at radius 2 is 1.88 bits per heavy atom. The number of benzene rings is 2. The number of rotatable bonds is 2. The fraction of sp³-hybridized carbons (Fsp3) is 0.154. The lowest BCUT2D eigenvalue weighted by molar-refractivity contribution is -0.121. The lowest BCUT2D eigenvalue weighted by Crippen LogP contribution is -2.31. The number of hydrogen-bond donors (Lipinski definition) is 2. The van der Waals surface area contributed by atoms with Crippen molar-refractivity contribution in [2.45, 2.75) is 6.04 Å². The molecule has 0 aliphatic rings. The molecular formula is C13H14N2O. The monoisotopic (exact) mass is 214 g/mol. The molecule has 0 fully saturated rings. The van der Waals surface area contributed by atoms with Crippen LogP contribution >= 0.6 is 0 Å². The molecule has 3 heteroatoms. The highest BCUT2D eigenvalue weighted by molar-refractivity contribution is 5.92. The Morgan fingerprint density at radius 3 is 2.62 bits per heavy atom. The minimum absolute atomic E-state index is 0.170. The molecule has 16 heavy (non-hydrogen) atoms. The number of fused-ring (bicyclic) bond motifs is 1. The maximum Gasteiger partial charge on any atom is 0.241 e. The van der Waals surface area contributed by atoms with E-state index in [0.717, 1.165) is 16.3 Å². The third kappa shape index (κ3) is 1.77. The van der Waals surface area contributed by atoms with Crippen LogP contribution in [-0.4, -0.2) is 13.0 Å². The van der Waals surface area contributed by atoms with Gasteiger partial charge in [0.05, 0.1) is 0 Å². The minimum atomic E-state index is -0.615. The van der Waals surface area contributed by atoms with Gasteiger partial charge in [-0.05, 0) is 16.3 Å². The van der Waals surface area contributed by atoms with E-state index in [2.05, 4.69) is 5.32 Å². The van der Waals surface area contributed by atoms with Gasteiger partial charge in [0, 0.05) is 7.05 Å². The van der Waals surface area contributed by atoms with Crippen molar-refractivity contribution in [1.82, 2.24) is 5.32 Å². The van der Waals surface area contributed by atoms with Crippen molar-refractivity contribution in [2.75, 3.05) is 7.05 Å². The number of nitrogens with one attached hydrogen (secondary N) is 1. The molecule has 0 saturated heterocycles. The van der Waals surface area contributed by atoms with Crippen LogP contribution in [0.5, 0.6) is 0 Å². The molecule has 3 nitrogen and oxygen atoms in total. The molecule has 1 amide bonds. The number of nitrogens with two attached hydrogens (primary N) is 1. The summed E-state index contributed by atoms with van der Waals surface area (Å²) in [4.78, 5) is 11.5. The van der Waals surface area contributed by atoms with Gasteiger partial charge in [-0.15, -0.1) is 0 Å². The fourth-order valence-electron chi connectivity index (χ4n) is 1.82. The predicted octanol–water partition coefficient (Wildman–Crippen LogP) is 1.59. The van der Waals surface area contributed by atoms with Crippen LogP contribution < -0.4 is 11.1 Å². The molecule has 0 heterocycles. The third-order valence-electron chi connectivity index (χ3n) is 2.69. The molecule has 3 N–H and O–H groups in total. The molecular weight excluding hydrogens is 200 g/mol. The average Bonchev–Trinajstić information content (AvgIpc) is 2.36. The van der Waals surface area contributed by atoms with E-state index in [9.17, 15) is 4.79 Å². The molecule has 0 aromatic heterocycles. The Hall–Kier alpha value is -1.87. The molecule has 1 unspecified atom stereocenters. The highest BCUT2D eigenvalue weighted by Gasteiger charge is 2.15. The predicted molar refractivity (Wildman–Crippen MR) is 64.9 cm³/mol. The second-order valence-electron chi connectivity index (χ2n) is 3.66. The van der Waals surface area contributed by atoms with E-state index in [1.54, 1.807) is 7.05 Å². The Morgan fingerprint density at radius 1 is 1.19 bits per heavy atom. The normalized spacial score (nSPS) is 12.4. The van der Waals surface area contributed by atoms with E-state index < -0.39 is 6.04 Å². The third-order valence-corrected chi connectivity index (χ3v) is 2.69. The Labute approximate surface area is 94.3 Å². The fourth-order valence-corrected chi connectivity index (χ4v) is 1.82. The molecule has 0 aliphatic carbocycles. The first-order chi connectivity index (χ1) is 7.74. The zero-order valence-electron chi connectivity index (χ0n) is 9.10. The maximum absolute atomic E-state index is 11.5. The van der Waals surface area contributed by atoms with Gasteiger partial charge in [0.2, 0.25) is 5.91 Å². The number of hydrogen-bond acceptors (Lipinski definition) is 2. The van der Waals surface area contributed by atoms with Crippen molar-refractivity contribution in [1.29, 1.82) is 0 Å². The topological polar surface area (TPSA) is 55.1 Å². The van der Waals surface area contributed by atoms with Crippen LogP contribution in [0.2, 0.25) is 0 Å². The van der Waals surface area contributed by atoms with E-state index in [0.29, 0.717) is 0 Å². The Bertz CT molecular complexity index is 517. The van der Waals surface area contributed by atoms with Gasteiger partial charge >= 0.3 is 0 Å². The second kappa shape index (κ2) is 4.33. The summed E-state index contributed by atoms with van der Waals surface area (Å²) < 4.78 is 0. The zero-order valence-corrected chi connectivity index (χ0v) is 9.10. The lowest BCUT2D eigenvalue weighted by atomic mass is 9.99. The van der Waals surface area contributed by atoms with Gasteiger partial charge in [0.1, 0.15) is 6.04 Å². The summed E-state index contributed by atoms with van der Waals surface area (Å²) in [5.41, 5.74) is 6.76. The van der Waals surface area contributed by atoms with Gasteiger partial charge in [-0.2, -0.15) is 0 Å². The van der Waals surface area contributed by atoms with Gasteiger partial charge < -0.3 is 11.1 Å².